The monoisotopic (exact) mass is 197 g/mol. The van der Waals surface area contributed by atoms with E-state index < -0.39 is 0 Å². The van der Waals surface area contributed by atoms with Gasteiger partial charge in [-0.05, 0) is 23.4 Å². The van der Waals surface area contributed by atoms with Gasteiger partial charge in [0.05, 0.1) is 17.2 Å². The Morgan fingerprint density at radius 3 is 2.80 bits per heavy atom. The predicted molar refractivity (Wildman–Crippen MR) is 54.9 cm³/mol. The van der Waals surface area contributed by atoms with Crippen molar-refractivity contribution in [2.45, 2.75) is 0 Å². The number of benzene rings is 1. The Labute approximate surface area is 85.2 Å². The Kier molecular flexibility index (Phi) is 1.68. The van der Waals surface area contributed by atoms with Gasteiger partial charge >= 0.3 is 0 Å². The van der Waals surface area contributed by atoms with Crippen LogP contribution in [-0.4, -0.2) is 25.4 Å². The molecule has 72 valence electrons. The first-order chi connectivity index (χ1) is 7.43. The summed E-state index contributed by atoms with van der Waals surface area (Å²) in [4.78, 5) is 7.57. The maximum Gasteiger partial charge on any atom is 0.159 e. The number of nitrogens with zero attached hydrogens (tertiary/aromatic N) is 4. The maximum absolute atomic E-state index is 4.40. The zero-order chi connectivity index (χ0) is 10.1. The Morgan fingerprint density at radius 1 is 1.07 bits per heavy atom. The smallest absolute Gasteiger partial charge is 0.159 e. The predicted octanol–water partition coefficient (Wildman–Crippen LogP) is 1.41. The first-order valence-electron chi connectivity index (χ1n) is 4.53. The molecule has 0 unspecified atom stereocenters. The SMILES string of the molecule is c1ccc2[nH]c(-c3ccnnn3)nc2c1. The fourth-order valence-corrected chi connectivity index (χ4v) is 1.44. The van der Waals surface area contributed by atoms with Crippen molar-refractivity contribution in [1.29, 1.82) is 0 Å². The Morgan fingerprint density at radius 2 is 2.00 bits per heavy atom. The van der Waals surface area contributed by atoms with Crippen molar-refractivity contribution < 1.29 is 0 Å². The van der Waals surface area contributed by atoms with E-state index >= 15 is 0 Å². The molecule has 0 spiro atoms. The van der Waals surface area contributed by atoms with Crippen LogP contribution in [0, 0.1) is 0 Å². The number of rotatable bonds is 1. The van der Waals surface area contributed by atoms with Crippen LogP contribution in [0.25, 0.3) is 22.6 Å². The highest BCUT2D eigenvalue weighted by Crippen LogP contribution is 2.16. The molecule has 0 radical (unpaired) electrons. The van der Waals surface area contributed by atoms with Gasteiger partial charge in [-0.1, -0.05) is 12.1 Å². The van der Waals surface area contributed by atoms with Gasteiger partial charge in [-0.15, -0.1) is 10.2 Å². The highest BCUT2D eigenvalue weighted by Gasteiger charge is 2.05. The molecular weight excluding hydrogens is 190 g/mol. The van der Waals surface area contributed by atoms with E-state index in [0.717, 1.165) is 11.0 Å². The van der Waals surface area contributed by atoms with Gasteiger partial charge in [0, 0.05) is 0 Å². The number of hydrogen-bond donors (Lipinski definition) is 1. The molecule has 0 amide bonds. The van der Waals surface area contributed by atoms with Crippen LogP contribution in [0.15, 0.2) is 36.5 Å². The van der Waals surface area contributed by atoms with Crippen LogP contribution in [0.2, 0.25) is 0 Å². The molecular formula is C10H7N5. The van der Waals surface area contributed by atoms with E-state index in [1.165, 1.54) is 0 Å². The molecule has 0 atom stereocenters. The molecule has 2 heterocycles. The van der Waals surface area contributed by atoms with Gasteiger partial charge in [-0.25, -0.2) is 4.98 Å². The lowest BCUT2D eigenvalue weighted by molar-refractivity contribution is 0.866. The molecule has 0 saturated carbocycles. The van der Waals surface area contributed by atoms with Crippen LogP contribution >= 0.6 is 0 Å². The van der Waals surface area contributed by atoms with Crippen molar-refractivity contribution in [3.05, 3.63) is 36.5 Å². The molecule has 1 N–H and O–H groups in total. The second-order valence-corrected chi connectivity index (χ2v) is 3.11. The quantitative estimate of drug-likeness (QED) is 0.640. The van der Waals surface area contributed by atoms with E-state index in [9.17, 15) is 0 Å². The summed E-state index contributed by atoms with van der Waals surface area (Å²) < 4.78 is 0. The number of fused-ring (bicyclic) bond motifs is 1. The average molecular weight is 197 g/mol. The maximum atomic E-state index is 4.40. The summed E-state index contributed by atoms with van der Waals surface area (Å²) in [5.74, 6) is 0.714. The molecule has 2 aromatic heterocycles. The Hall–Kier alpha value is -2.30. The van der Waals surface area contributed by atoms with Gasteiger partial charge in [0.2, 0.25) is 0 Å². The number of aromatic nitrogens is 5. The van der Waals surface area contributed by atoms with Crippen LogP contribution in [0.4, 0.5) is 0 Å². The summed E-state index contributed by atoms with van der Waals surface area (Å²) in [6.07, 6.45) is 1.59. The van der Waals surface area contributed by atoms with E-state index in [1.54, 1.807) is 12.3 Å². The third-order valence-corrected chi connectivity index (χ3v) is 2.14. The molecule has 3 rings (SSSR count). The minimum Gasteiger partial charge on any atom is -0.337 e. The van der Waals surface area contributed by atoms with Crippen LogP contribution in [-0.2, 0) is 0 Å². The summed E-state index contributed by atoms with van der Waals surface area (Å²) in [6.45, 7) is 0. The second kappa shape index (κ2) is 3.13. The summed E-state index contributed by atoms with van der Waals surface area (Å²) >= 11 is 0. The Balaban J connectivity index is 2.21. The first-order valence-corrected chi connectivity index (χ1v) is 4.53. The molecule has 5 heteroatoms. The van der Waals surface area contributed by atoms with E-state index in [1.807, 2.05) is 24.3 Å². The van der Waals surface area contributed by atoms with Crippen molar-refractivity contribution in [3.63, 3.8) is 0 Å². The van der Waals surface area contributed by atoms with E-state index in [0.29, 0.717) is 11.5 Å². The molecule has 0 aliphatic rings. The fourth-order valence-electron chi connectivity index (χ4n) is 1.44. The van der Waals surface area contributed by atoms with Gasteiger partial charge in [-0.3, -0.25) is 0 Å². The van der Waals surface area contributed by atoms with E-state index in [4.69, 9.17) is 0 Å². The lowest BCUT2D eigenvalue weighted by atomic mass is 10.3. The van der Waals surface area contributed by atoms with E-state index in [-0.39, 0.29) is 0 Å². The molecule has 15 heavy (non-hydrogen) atoms. The van der Waals surface area contributed by atoms with Gasteiger partial charge in [0.15, 0.2) is 5.82 Å². The number of aromatic amines is 1. The summed E-state index contributed by atoms with van der Waals surface area (Å²) in [5, 5.41) is 11.1. The second-order valence-electron chi connectivity index (χ2n) is 3.11. The highest BCUT2D eigenvalue weighted by atomic mass is 15.3. The van der Waals surface area contributed by atoms with Crippen LogP contribution in [0.1, 0.15) is 0 Å². The topological polar surface area (TPSA) is 67.3 Å². The third-order valence-electron chi connectivity index (χ3n) is 2.14. The Bertz CT molecular complexity index is 554. The van der Waals surface area contributed by atoms with Crippen LogP contribution in [0.3, 0.4) is 0 Å². The zero-order valence-corrected chi connectivity index (χ0v) is 7.75. The first kappa shape index (κ1) is 8.05. The molecule has 0 saturated heterocycles. The van der Waals surface area contributed by atoms with Crippen molar-refractivity contribution >= 4 is 11.0 Å². The molecule has 1 aromatic carbocycles. The van der Waals surface area contributed by atoms with Gasteiger partial charge in [0.25, 0.3) is 0 Å². The minimum absolute atomic E-state index is 0.696. The van der Waals surface area contributed by atoms with Crippen molar-refractivity contribution in [1.82, 2.24) is 25.4 Å². The molecule has 5 nitrogen and oxygen atoms in total. The van der Waals surface area contributed by atoms with Gasteiger partial charge in [-0.2, -0.15) is 0 Å². The van der Waals surface area contributed by atoms with E-state index in [2.05, 4.69) is 25.4 Å². The lowest BCUT2D eigenvalue weighted by Gasteiger charge is -1.89. The van der Waals surface area contributed by atoms with Crippen LogP contribution < -0.4 is 0 Å². The average Bonchev–Trinajstić information content (AvgIpc) is 2.74. The molecule has 0 bridgehead atoms. The number of hydrogen-bond acceptors (Lipinski definition) is 4. The molecule has 3 aromatic rings. The summed E-state index contributed by atoms with van der Waals surface area (Å²) in [7, 11) is 0. The number of para-hydroxylation sites is 2. The highest BCUT2D eigenvalue weighted by molar-refractivity contribution is 5.78. The van der Waals surface area contributed by atoms with Crippen molar-refractivity contribution in [3.8, 4) is 11.5 Å². The third kappa shape index (κ3) is 1.34. The summed E-state index contributed by atoms with van der Waals surface area (Å²) in [5.41, 5.74) is 2.61. The van der Waals surface area contributed by atoms with Crippen molar-refractivity contribution in [2.24, 2.45) is 0 Å². The normalized spacial score (nSPS) is 10.7. The zero-order valence-electron chi connectivity index (χ0n) is 7.75. The lowest BCUT2D eigenvalue weighted by Crippen LogP contribution is -1.90. The molecule has 0 fully saturated rings. The standard InChI is InChI=1S/C10H7N5/c1-2-4-8-7(3-1)12-10(13-8)9-5-6-11-15-14-9/h1-6H,(H,12,13). The van der Waals surface area contributed by atoms with Crippen LogP contribution in [0.5, 0.6) is 0 Å². The summed E-state index contributed by atoms with van der Waals surface area (Å²) in [6, 6.07) is 9.60. The number of nitrogens with one attached hydrogen (secondary N) is 1. The molecule has 0 aliphatic heterocycles. The minimum atomic E-state index is 0.696. The molecule has 0 aliphatic carbocycles. The fraction of sp³-hybridized carbons (Fsp3) is 0. The van der Waals surface area contributed by atoms with Crippen molar-refractivity contribution in [2.75, 3.05) is 0 Å². The number of H-pyrrole nitrogens is 1. The largest absolute Gasteiger partial charge is 0.337 e. The van der Waals surface area contributed by atoms with Gasteiger partial charge < -0.3 is 4.98 Å². The van der Waals surface area contributed by atoms with Gasteiger partial charge in [0.1, 0.15) is 5.69 Å². The number of imidazole rings is 1.